The molecule has 0 radical (unpaired) electrons. The van der Waals surface area contributed by atoms with Crippen molar-refractivity contribution in [2.45, 2.75) is 6.42 Å². The highest BCUT2D eigenvalue weighted by molar-refractivity contribution is 9.11. The van der Waals surface area contributed by atoms with Crippen LogP contribution in [0.3, 0.4) is 0 Å². The van der Waals surface area contributed by atoms with Crippen LogP contribution in [0.2, 0.25) is 0 Å². The van der Waals surface area contributed by atoms with E-state index in [9.17, 15) is 4.79 Å². The molecular formula is C15H12Br2N2O. The van der Waals surface area contributed by atoms with Crippen molar-refractivity contribution in [3.8, 4) is 0 Å². The van der Waals surface area contributed by atoms with Gasteiger partial charge in [-0.2, -0.15) is 0 Å². The number of rotatable bonds is 1. The Labute approximate surface area is 134 Å². The van der Waals surface area contributed by atoms with Crippen LogP contribution < -0.4 is 10.6 Å². The average Bonchev–Trinajstić information content (AvgIpc) is 2.83. The number of nitrogens with zero attached hydrogens (tertiary/aromatic N) is 1. The molecule has 0 aliphatic carbocycles. The van der Waals surface area contributed by atoms with E-state index in [2.05, 4.69) is 31.9 Å². The van der Waals surface area contributed by atoms with E-state index in [4.69, 9.17) is 5.73 Å². The Morgan fingerprint density at radius 1 is 1.15 bits per heavy atom. The molecule has 0 saturated carbocycles. The lowest BCUT2D eigenvalue weighted by atomic mass is 10.1. The molecule has 0 atom stereocenters. The summed E-state index contributed by atoms with van der Waals surface area (Å²) in [4.78, 5) is 14.5. The number of carbonyl (C=O) groups excluding carboxylic acids is 1. The van der Waals surface area contributed by atoms with Gasteiger partial charge in [-0.25, -0.2) is 0 Å². The summed E-state index contributed by atoms with van der Waals surface area (Å²) in [6, 6.07) is 11.3. The number of nitrogens with two attached hydrogens (primary N) is 1. The number of hydrogen-bond acceptors (Lipinski definition) is 2. The summed E-state index contributed by atoms with van der Waals surface area (Å²) in [7, 11) is 0. The highest BCUT2D eigenvalue weighted by atomic mass is 79.9. The number of fused-ring (bicyclic) bond motifs is 1. The Bertz CT molecular complexity index is 700. The van der Waals surface area contributed by atoms with Crippen molar-refractivity contribution in [1.29, 1.82) is 0 Å². The summed E-state index contributed by atoms with van der Waals surface area (Å²) >= 11 is 6.84. The molecule has 20 heavy (non-hydrogen) atoms. The van der Waals surface area contributed by atoms with E-state index in [0.29, 0.717) is 17.8 Å². The Morgan fingerprint density at radius 3 is 2.75 bits per heavy atom. The topological polar surface area (TPSA) is 46.3 Å². The first kappa shape index (κ1) is 13.6. The van der Waals surface area contributed by atoms with Crippen LogP contribution in [0.1, 0.15) is 15.9 Å². The third-order valence-corrected chi connectivity index (χ3v) is 4.59. The molecule has 1 aliphatic rings. The highest BCUT2D eigenvalue weighted by Gasteiger charge is 2.26. The molecule has 3 rings (SSSR count). The smallest absolute Gasteiger partial charge is 0.259 e. The summed E-state index contributed by atoms with van der Waals surface area (Å²) < 4.78 is 1.68. The number of benzene rings is 2. The maximum atomic E-state index is 12.7. The lowest BCUT2D eigenvalue weighted by Gasteiger charge is -2.18. The van der Waals surface area contributed by atoms with Crippen LogP contribution in [0.15, 0.2) is 45.3 Å². The minimum atomic E-state index is -0.0116. The predicted molar refractivity (Wildman–Crippen MR) is 88.1 cm³/mol. The van der Waals surface area contributed by atoms with Gasteiger partial charge in [-0.15, -0.1) is 0 Å². The molecule has 0 spiro atoms. The first-order valence-corrected chi connectivity index (χ1v) is 7.80. The van der Waals surface area contributed by atoms with Gasteiger partial charge in [-0.05, 0) is 58.2 Å². The van der Waals surface area contributed by atoms with Crippen molar-refractivity contribution in [3.63, 3.8) is 0 Å². The second-order valence-electron chi connectivity index (χ2n) is 4.72. The van der Waals surface area contributed by atoms with E-state index in [1.165, 1.54) is 5.56 Å². The lowest BCUT2D eigenvalue weighted by Crippen LogP contribution is -2.29. The molecule has 1 aliphatic heterocycles. The zero-order chi connectivity index (χ0) is 14.3. The Morgan fingerprint density at radius 2 is 1.95 bits per heavy atom. The quantitative estimate of drug-likeness (QED) is 0.742. The summed E-state index contributed by atoms with van der Waals surface area (Å²) in [6.07, 6.45) is 0.868. The fourth-order valence-corrected chi connectivity index (χ4v) is 3.19. The molecule has 2 N–H and O–H groups in total. The second-order valence-corrected chi connectivity index (χ2v) is 6.49. The summed E-state index contributed by atoms with van der Waals surface area (Å²) in [5, 5.41) is 0. The maximum Gasteiger partial charge on any atom is 0.259 e. The third-order valence-electron chi connectivity index (χ3n) is 3.41. The van der Waals surface area contributed by atoms with Gasteiger partial charge >= 0.3 is 0 Å². The van der Waals surface area contributed by atoms with Gasteiger partial charge < -0.3 is 10.6 Å². The number of nitrogen functional groups attached to an aromatic ring is 1. The van der Waals surface area contributed by atoms with Crippen LogP contribution in [0.25, 0.3) is 0 Å². The molecule has 0 bridgehead atoms. The zero-order valence-corrected chi connectivity index (χ0v) is 13.7. The van der Waals surface area contributed by atoms with Gasteiger partial charge in [0, 0.05) is 26.9 Å². The molecule has 2 aromatic carbocycles. The summed E-state index contributed by atoms with van der Waals surface area (Å²) in [5.74, 6) is -0.0116. The van der Waals surface area contributed by atoms with Crippen molar-refractivity contribution < 1.29 is 4.79 Å². The van der Waals surface area contributed by atoms with Crippen LogP contribution in [0.4, 0.5) is 11.4 Å². The molecule has 2 aromatic rings. The Balaban J connectivity index is 2.01. The van der Waals surface area contributed by atoms with E-state index in [1.54, 1.807) is 4.90 Å². The van der Waals surface area contributed by atoms with Crippen molar-refractivity contribution >= 4 is 49.1 Å². The van der Waals surface area contributed by atoms with Crippen LogP contribution in [-0.2, 0) is 6.42 Å². The van der Waals surface area contributed by atoms with Gasteiger partial charge in [0.15, 0.2) is 0 Å². The fraction of sp³-hybridized carbons (Fsp3) is 0.133. The molecular weight excluding hydrogens is 384 g/mol. The number of halogens is 2. The zero-order valence-electron chi connectivity index (χ0n) is 10.6. The molecule has 0 aromatic heterocycles. The minimum Gasteiger partial charge on any atom is -0.399 e. The van der Waals surface area contributed by atoms with Gasteiger partial charge in [-0.1, -0.05) is 22.0 Å². The third kappa shape index (κ3) is 2.36. The molecule has 102 valence electrons. The van der Waals surface area contributed by atoms with Crippen LogP contribution in [-0.4, -0.2) is 12.5 Å². The van der Waals surface area contributed by atoms with Crippen LogP contribution >= 0.6 is 31.9 Å². The van der Waals surface area contributed by atoms with Crippen molar-refractivity contribution in [1.82, 2.24) is 0 Å². The summed E-state index contributed by atoms with van der Waals surface area (Å²) in [6.45, 7) is 0.691. The van der Waals surface area contributed by atoms with Gasteiger partial charge in [-0.3, -0.25) is 4.79 Å². The lowest BCUT2D eigenvalue weighted by molar-refractivity contribution is 0.0988. The van der Waals surface area contributed by atoms with Crippen LogP contribution in [0.5, 0.6) is 0 Å². The second kappa shape index (κ2) is 5.22. The SMILES string of the molecule is Nc1ccc2c(c1)N(C(=O)c1cc(Br)ccc1Br)CC2. The predicted octanol–water partition coefficient (Wildman–Crippen LogP) is 4.00. The normalized spacial score (nSPS) is 13.4. The number of anilines is 2. The Hall–Kier alpha value is -1.33. The number of amides is 1. The minimum absolute atomic E-state index is 0.0116. The van der Waals surface area contributed by atoms with Crippen molar-refractivity contribution in [2.75, 3.05) is 17.2 Å². The van der Waals surface area contributed by atoms with E-state index in [0.717, 1.165) is 21.1 Å². The fourth-order valence-electron chi connectivity index (χ4n) is 2.41. The number of carbonyl (C=O) groups is 1. The summed E-state index contributed by atoms with van der Waals surface area (Å²) in [5.41, 5.74) is 9.24. The van der Waals surface area contributed by atoms with Gasteiger partial charge in [0.2, 0.25) is 0 Å². The monoisotopic (exact) mass is 394 g/mol. The first-order chi connectivity index (χ1) is 9.56. The standard InChI is InChI=1S/C15H12Br2N2O/c16-10-2-4-13(17)12(7-10)15(20)19-6-5-9-1-3-11(18)8-14(9)19/h1-4,7-8H,5-6,18H2. The van der Waals surface area contributed by atoms with Crippen LogP contribution in [0, 0.1) is 0 Å². The van der Waals surface area contributed by atoms with Gasteiger partial charge in [0.25, 0.3) is 5.91 Å². The molecule has 0 fully saturated rings. The Kier molecular flexibility index (Phi) is 3.56. The van der Waals surface area contributed by atoms with Gasteiger partial charge in [0.05, 0.1) is 5.56 Å². The average molecular weight is 396 g/mol. The molecule has 0 saturated heterocycles. The van der Waals surface area contributed by atoms with E-state index in [1.807, 2.05) is 36.4 Å². The number of hydrogen-bond donors (Lipinski definition) is 1. The van der Waals surface area contributed by atoms with Gasteiger partial charge in [0.1, 0.15) is 0 Å². The maximum absolute atomic E-state index is 12.7. The highest BCUT2D eigenvalue weighted by Crippen LogP contribution is 2.32. The van der Waals surface area contributed by atoms with E-state index < -0.39 is 0 Å². The van der Waals surface area contributed by atoms with E-state index in [-0.39, 0.29) is 5.91 Å². The molecule has 3 nitrogen and oxygen atoms in total. The van der Waals surface area contributed by atoms with Crippen molar-refractivity contribution in [2.24, 2.45) is 0 Å². The molecule has 1 amide bonds. The van der Waals surface area contributed by atoms with Crippen molar-refractivity contribution in [3.05, 3.63) is 56.5 Å². The largest absolute Gasteiger partial charge is 0.399 e. The molecule has 1 heterocycles. The molecule has 0 unspecified atom stereocenters. The molecule has 5 heteroatoms. The first-order valence-electron chi connectivity index (χ1n) is 6.21. The van der Waals surface area contributed by atoms with E-state index >= 15 is 0 Å².